The van der Waals surface area contributed by atoms with Crippen LogP contribution in [0.3, 0.4) is 0 Å². The van der Waals surface area contributed by atoms with E-state index in [4.69, 9.17) is 0 Å². The number of hydrogen-bond acceptors (Lipinski definition) is 1. The van der Waals surface area contributed by atoms with Crippen molar-refractivity contribution in [3.05, 3.63) is 0 Å². The largest absolute Gasteiger partial charge is 0.388 e. The molecule has 0 unspecified atom stereocenters. The zero-order chi connectivity index (χ0) is 19.4. The molecule has 0 atom stereocenters. The molecule has 0 aliphatic carbocycles. The van der Waals surface area contributed by atoms with E-state index >= 15 is 0 Å². The van der Waals surface area contributed by atoms with Gasteiger partial charge in [-0.1, -0.05) is 32.0 Å². The van der Waals surface area contributed by atoms with Crippen LogP contribution in [-0.4, -0.2) is 40.4 Å². The van der Waals surface area contributed by atoms with Gasteiger partial charge in [-0.25, -0.2) is 0 Å². The van der Waals surface area contributed by atoms with Gasteiger partial charge < -0.3 is 5.32 Å². The molecule has 24 heavy (non-hydrogen) atoms. The highest BCUT2D eigenvalue weighted by molar-refractivity contribution is 6.58. The molecule has 0 heterocycles. The number of nitrogens with one attached hydrogen (secondary N) is 1. The Hall–Kier alpha value is -0.453. The van der Waals surface area contributed by atoms with Crippen molar-refractivity contribution in [1.82, 2.24) is 5.32 Å². The first-order valence-electron chi connectivity index (χ1n) is 7.61. The van der Waals surface area contributed by atoms with Crippen molar-refractivity contribution in [2.24, 2.45) is 0 Å². The molecular formula is C13H24F9NSi. The highest BCUT2D eigenvalue weighted by Crippen LogP contribution is 2.31. The fourth-order valence-electron chi connectivity index (χ4n) is 1.79. The number of alkyl halides is 9. The van der Waals surface area contributed by atoms with Crippen molar-refractivity contribution in [3.8, 4) is 0 Å². The highest BCUT2D eigenvalue weighted by Gasteiger charge is 2.34. The van der Waals surface area contributed by atoms with E-state index in [0.29, 0.717) is 0 Å². The number of hydrogen-bond donors (Lipinski definition) is 1. The Labute approximate surface area is 137 Å². The summed E-state index contributed by atoms with van der Waals surface area (Å²) in [4.78, 5) is 0. The molecule has 0 bridgehead atoms. The summed E-state index contributed by atoms with van der Waals surface area (Å²) in [5.41, 5.74) is 0. The van der Waals surface area contributed by atoms with E-state index in [2.05, 4.69) is 19.2 Å². The summed E-state index contributed by atoms with van der Waals surface area (Å²) in [6.45, 7) is 6.39. The van der Waals surface area contributed by atoms with E-state index < -0.39 is 64.7 Å². The van der Waals surface area contributed by atoms with Gasteiger partial charge in [-0.05, 0) is 13.1 Å². The van der Waals surface area contributed by atoms with E-state index in [1.165, 1.54) is 0 Å². The zero-order valence-corrected chi connectivity index (χ0v) is 14.8. The molecule has 0 spiro atoms. The molecule has 0 aromatic heterocycles. The fraction of sp³-hybridized carbons (Fsp3) is 1.00. The van der Waals surface area contributed by atoms with Crippen LogP contribution in [0, 0.1) is 0 Å². The minimum absolute atomic E-state index is 0.574. The van der Waals surface area contributed by atoms with Crippen LogP contribution in [0.2, 0.25) is 18.1 Å². The van der Waals surface area contributed by atoms with Crippen molar-refractivity contribution >= 4 is 8.80 Å². The van der Waals surface area contributed by atoms with Gasteiger partial charge in [-0.3, -0.25) is 0 Å². The lowest BCUT2D eigenvalue weighted by molar-refractivity contribution is -0.132. The first kappa shape index (κ1) is 25.8. The Morgan fingerprint density at radius 3 is 0.958 bits per heavy atom. The van der Waals surface area contributed by atoms with E-state index in [0.717, 1.165) is 13.1 Å². The lowest BCUT2D eigenvalue weighted by Crippen LogP contribution is -2.22. The van der Waals surface area contributed by atoms with E-state index in [-0.39, 0.29) is 0 Å². The van der Waals surface area contributed by atoms with Gasteiger partial charge in [0.15, 0.2) is 0 Å². The SMILES string of the molecule is CCNCC.FC(F)(F)CC[SiH](CCC(F)(F)F)CCC(F)(F)F. The number of rotatable bonds is 8. The molecule has 0 aromatic rings. The van der Waals surface area contributed by atoms with Gasteiger partial charge in [0.2, 0.25) is 0 Å². The van der Waals surface area contributed by atoms with Gasteiger partial charge in [0.25, 0.3) is 0 Å². The number of halogens is 9. The maximum atomic E-state index is 11.9. The Balaban J connectivity index is 0. The van der Waals surface area contributed by atoms with Crippen LogP contribution >= 0.6 is 0 Å². The monoisotopic (exact) mass is 393 g/mol. The first-order chi connectivity index (χ1) is 10.7. The molecule has 0 fully saturated rings. The molecule has 0 radical (unpaired) electrons. The molecule has 148 valence electrons. The summed E-state index contributed by atoms with van der Waals surface area (Å²) >= 11 is 0. The summed E-state index contributed by atoms with van der Waals surface area (Å²) in [6, 6.07) is -1.72. The van der Waals surface area contributed by atoms with Gasteiger partial charge >= 0.3 is 18.5 Å². The molecule has 0 saturated heterocycles. The summed E-state index contributed by atoms with van der Waals surface area (Å²) in [6.07, 6.45) is -17.5. The highest BCUT2D eigenvalue weighted by atomic mass is 28.3. The summed E-state index contributed by atoms with van der Waals surface area (Å²) in [5.74, 6) is 0. The van der Waals surface area contributed by atoms with Gasteiger partial charge in [-0.15, -0.1) is 0 Å². The maximum absolute atomic E-state index is 11.9. The molecule has 0 amide bonds. The predicted molar refractivity (Wildman–Crippen MR) is 77.8 cm³/mol. The second kappa shape index (κ2) is 12.0. The third-order valence-corrected chi connectivity index (χ3v) is 6.32. The molecule has 1 N–H and O–H groups in total. The first-order valence-corrected chi connectivity index (χ1v) is 10.1. The lowest BCUT2D eigenvalue weighted by atomic mass is 10.5. The third-order valence-electron chi connectivity index (χ3n) is 3.01. The Kier molecular flexibility index (Phi) is 12.9. The molecule has 11 heteroatoms. The molecule has 1 nitrogen and oxygen atoms in total. The van der Waals surface area contributed by atoms with E-state index in [1.807, 2.05) is 0 Å². The van der Waals surface area contributed by atoms with Gasteiger partial charge in [0, 0.05) is 28.1 Å². The van der Waals surface area contributed by atoms with Crippen molar-refractivity contribution in [3.63, 3.8) is 0 Å². The van der Waals surface area contributed by atoms with Crippen LogP contribution in [0.15, 0.2) is 0 Å². The van der Waals surface area contributed by atoms with Crippen LogP contribution in [0.1, 0.15) is 33.1 Å². The van der Waals surface area contributed by atoms with Crippen molar-refractivity contribution in [2.45, 2.75) is 69.8 Å². The third kappa shape index (κ3) is 23.8. The van der Waals surface area contributed by atoms with E-state index in [1.54, 1.807) is 0 Å². The van der Waals surface area contributed by atoms with Crippen LogP contribution in [-0.2, 0) is 0 Å². The lowest BCUT2D eigenvalue weighted by Gasteiger charge is -2.18. The summed E-state index contributed by atoms with van der Waals surface area (Å²) in [7, 11) is -2.69. The van der Waals surface area contributed by atoms with Crippen LogP contribution in [0.4, 0.5) is 39.5 Å². The van der Waals surface area contributed by atoms with Crippen LogP contribution in [0.5, 0.6) is 0 Å². The molecule has 0 aliphatic rings. The quantitative estimate of drug-likeness (QED) is 0.413. The van der Waals surface area contributed by atoms with Gasteiger partial charge in [0.05, 0.1) is 0 Å². The normalized spacial score (nSPS) is 13.0. The Bertz CT molecular complexity index is 254. The smallest absolute Gasteiger partial charge is 0.317 e. The standard InChI is InChI=1S/C9H13F9Si.C4H11N/c10-7(11,12)1-4-19(5-2-8(13,14)15)6-3-9(16,17)18;1-3-5-4-2/h19H,1-6H2;5H,3-4H2,1-2H3. The molecule has 0 rings (SSSR count). The van der Waals surface area contributed by atoms with Crippen molar-refractivity contribution in [1.29, 1.82) is 0 Å². The summed E-state index contributed by atoms with van der Waals surface area (Å²) in [5, 5.41) is 3.11. The molecule has 0 aliphatic heterocycles. The van der Waals surface area contributed by atoms with Gasteiger partial charge in [0.1, 0.15) is 0 Å². The van der Waals surface area contributed by atoms with Crippen LogP contribution < -0.4 is 5.32 Å². The Morgan fingerprint density at radius 1 is 0.583 bits per heavy atom. The molecule has 0 aromatic carbocycles. The fourth-order valence-corrected chi connectivity index (χ4v) is 4.86. The Morgan fingerprint density at radius 2 is 0.833 bits per heavy atom. The second-order valence-electron chi connectivity index (χ2n) is 5.28. The summed E-state index contributed by atoms with van der Waals surface area (Å²) < 4.78 is 107. The van der Waals surface area contributed by atoms with E-state index in [9.17, 15) is 39.5 Å². The van der Waals surface area contributed by atoms with Crippen LogP contribution in [0.25, 0.3) is 0 Å². The van der Waals surface area contributed by atoms with Gasteiger partial charge in [-0.2, -0.15) is 39.5 Å². The minimum atomic E-state index is -4.54. The topological polar surface area (TPSA) is 12.0 Å². The van der Waals surface area contributed by atoms with Crippen molar-refractivity contribution < 1.29 is 39.5 Å². The molecular weight excluding hydrogens is 369 g/mol. The average molecular weight is 393 g/mol. The van der Waals surface area contributed by atoms with Crippen molar-refractivity contribution in [2.75, 3.05) is 13.1 Å². The predicted octanol–water partition coefficient (Wildman–Crippen LogP) is 5.69. The average Bonchev–Trinajstić information content (AvgIpc) is 2.36. The zero-order valence-electron chi connectivity index (χ0n) is 13.6. The maximum Gasteiger partial charge on any atom is 0.388 e. The second-order valence-corrected chi connectivity index (χ2v) is 8.75. The molecule has 0 saturated carbocycles. The minimum Gasteiger partial charge on any atom is -0.317 e.